The van der Waals surface area contributed by atoms with Crippen LogP contribution < -0.4 is 44.4 Å². The Morgan fingerprint density at radius 2 is 1.64 bits per heavy atom. The summed E-state index contributed by atoms with van der Waals surface area (Å²) >= 11 is 0. The van der Waals surface area contributed by atoms with E-state index in [9.17, 15) is 29.1 Å². The Balaban J connectivity index is 0.000000276. The molecule has 11 N–H and O–H groups in total. The molecule has 45 heavy (non-hydrogen) atoms. The molecule has 2 heterocycles. The number of rotatable bonds is 8. The molecule has 0 saturated heterocycles. The zero-order chi connectivity index (χ0) is 32.1. The van der Waals surface area contributed by atoms with E-state index in [-0.39, 0.29) is 59.1 Å². The number of amides is 1. The average molecular weight is 638 g/mol. The van der Waals surface area contributed by atoms with E-state index in [0.29, 0.717) is 23.4 Å². The highest BCUT2D eigenvalue weighted by Gasteiger charge is 2.21. The number of carbonyl (C=O) groups is 3. The maximum Gasteiger partial charge on any atom is 0.353 e. The number of hydrogen-bond acceptors (Lipinski definition) is 13. The summed E-state index contributed by atoms with van der Waals surface area (Å²) in [6.45, 7) is 0.545. The third-order valence-corrected chi connectivity index (χ3v) is 6.30. The molecule has 0 saturated carbocycles. The van der Waals surface area contributed by atoms with Gasteiger partial charge in [-0.25, -0.2) is 14.6 Å². The number of aromatic carboxylic acids is 1. The minimum atomic E-state index is -1.32. The van der Waals surface area contributed by atoms with Gasteiger partial charge >= 0.3 is 11.9 Å². The average Bonchev–Trinajstić information content (AvgIpc) is 3.34. The number of imidazole rings is 1. The number of nitrogens with one attached hydrogen (secondary N) is 2. The fourth-order valence-electron chi connectivity index (χ4n) is 4.01. The number of benzene rings is 2. The van der Waals surface area contributed by atoms with Crippen molar-refractivity contribution >= 4 is 64.7 Å². The minimum Gasteiger partial charge on any atom is -0.477 e. The topological polar surface area (TPSA) is 273 Å². The number of nitrogens with zero attached hydrogens (tertiary/aromatic N) is 3. The SMILES string of the molecule is COC(=O)c1ccc(CNC(=O)c2cc(C(=O)O)n3c(N)nc(N)c3n2)cc1.Cl.NCc1cccc(Nc2c(N)c(=O)c2=O)c1. The molecule has 0 aliphatic carbocycles. The highest BCUT2D eigenvalue weighted by molar-refractivity contribution is 5.97. The molecule has 16 nitrogen and oxygen atoms in total. The van der Waals surface area contributed by atoms with E-state index in [2.05, 4.69) is 25.3 Å². The number of esters is 1. The van der Waals surface area contributed by atoms with Gasteiger partial charge in [0.05, 0.1) is 12.7 Å². The van der Waals surface area contributed by atoms with Crippen LogP contribution in [0.25, 0.3) is 5.65 Å². The van der Waals surface area contributed by atoms with Gasteiger partial charge in [-0.2, -0.15) is 4.98 Å². The van der Waals surface area contributed by atoms with E-state index < -0.39 is 28.7 Å². The Hall–Kier alpha value is -6.00. The molecule has 234 valence electrons. The van der Waals surface area contributed by atoms with Crippen molar-refractivity contribution in [2.75, 3.05) is 29.6 Å². The van der Waals surface area contributed by atoms with Gasteiger partial charge in [0.15, 0.2) is 11.5 Å². The summed E-state index contributed by atoms with van der Waals surface area (Å²) in [4.78, 5) is 65.2. The van der Waals surface area contributed by atoms with Gasteiger partial charge in [-0.05, 0) is 35.4 Å². The summed E-state index contributed by atoms with van der Waals surface area (Å²) in [5.74, 6) is -2.62. The summed E-state index contributed by atoms with van der Waals surface area (Å²) in [5, 5.41) is 14.8. The number of carboxylic acids is 1. The lowest BCUT2D eigenvalue weighted by molar-refractivity contribution is 0.0599. The summed E-state index contributed by atoms with van der Waals surface area (Å²) in [5.41, 5.74) is 23.4. The van der Waals surface area contributed by atoms with Gasteiger partial charge in [0.1, 0.15) is 22.8 Å². The van der Waals surface area contributed by atoms with Gasteiger partial charge < -0.3 is 43.4 Å². The second-order valence-electron chi connectivity index (χ2n) is 9.19. The van der Waals surface area contributed by atoms with Crippen LogP contribution in [0.4, 0.5) is 28.8 Å². The van der Waals surface area contributed by atoms with Crippen LogP contribution in [0.2, 0.25) is 0 Å². The molecule has 0 atom stereocenters. The summed E-state index contributed by atoms with van der Waals surface area (Å²) in [7, 11) is 1.28. The summed E-state index contributed by atoms with van der Waals surface area (Å²) < 4.78 is 5.67. The van der Waals surface area contributed by atoms with Crippen LogP contribution in [0.15, 0.2) is 64.2 Å². The van der Waals surface area contributed by atoms with Crippen molar-refractivity contribution < 1.29 is 24.2 Å². The van der Waals surface area contributed by atoms with Gasteiger partial charge in [0.25, 0.3) is 16.8 Å². The monoisotopic (exact) mass is 637 g/mol. The van der Waals surface area contributed by atoms with Crippen molar-refractivity contribution in [3.63, 3.8) is 0 Å². The number of carboxylic acid groups (broad SMARTS) is 1. The molecule has 3 aromatic carbocycles. The summed E-state index contributed by atoms with van der Waals surface area (Å²) in [6, 6.07) is 14.8. The molecule has 0 aliphatic rings. The van der Waals surface area contributed by atoms with Crippen molar-refractivity contribution in [1.29, 1.82) is 0 Å². The van der Waals surface area contributed by atoms with E-state index >= 15 is 0 Å². The molecule has 1 amide bonds. The second-order valence-corrected chi connectivity index (χ2v) is 9.19. The number of methoxy groups -OCH3 is 1. The molecular weight excluding hydrogens is 610 g/mol. The molecule has 0 spiro atoms. The molecule has 0 aliphatic heterocycles. The van der Waals surface area contributed by atoms with Crippen molar-refractivity contribution in [1.82, 2.24) is 19.7 Å². The quantitative estimate of drug-likeness (QED) is 0.0915. The van der Waals surface area contributed by atoms with Crippen LogP contribution in [-0.4, -0.2) is 44.4 Å². The Morgan fingerprint density at radius 3 is 2.24 bits per heavy atom. The van der Waals surface area contributed by atoms with Gasteiger partial charge in [0.2, 0.25) is 5.95 Å². The van der Waals surface area contributed by atoms with Gasteiger partial charge in [-0.15, -0.1) is 12.4 Å². The van der Waals surface area contributed by atoms with Crippen LogP contribution in [0.1, 0.15) is 42.5 Å². The van der Waals surface area contributed by atoms with Crippen LogP contribution in [0, 0.1) is 0 Å². The first-order valence-electron chi connectivity index (χ1n) is 12.7. The maximum absolute atomic E-state index is 12.4. The smallest absolute Gasteiger partial charge is 0.353 e. The van der Waals surface area contributed by atoms with Gasteiger partial charge in [-0.1, -0.05) is 24.3 Å². The summed E-state index contributed by atoms with van der Waals surface area (Å²) in [6.07, 6.45) is 0. The van der Waals surface area contributed by atoms with E-state index in [4.69, 9.17) is 22.9 Å². The molecule has 0 bridgehead atoms. The van der Waals surface area contributed by atoms with Crippen LogP contribution in [0.3, 0.4) is 0 Å². The van der Waals surface area contributed by atoms with Gasteiger partial charge in [0, 0.05) is 24.8 Å². The Morgan fingerprint density at radius 1 is 0.956 bits per heavy atom. The predicted molar refractivity (Wildman–Crippen MR) is 168 cm³/mol. The van der Waals surface area contributed by atoms with Crippen molar-refractivity contribution in [3.8, 4) is 0 Å². The molecular formula is C28H28ClN9O7. The molecule has 17 heteroatoms. The highest BCUT2D eigenvalue weighted by atomic mass is 35.5. The Bertz CT molecular complexity index is 1970. The number of nitrogens with two attached hydrogens (primary N) is 4. The second kappa shape index (κ2) is 14.0. The molecule has 5 rings (SSSR count). The fraction of sp³-hybridized carbons (Fsp3) is 0.107. The van der Waals surface area contributed by atoms with Crippen LogP contribution >= 0.6 is 12.4 Å². The van der Waals surface area contributed by atoms with E-state index in [1.807, 2.05) is 12.1 Å². The predicted octanol–water partition coefficient (Wildman–Crippen LogP) is 0.797. The number of carbonyl (C=O) groups excluding carboxylic acids is 2. The van der Waals surface area contributed by atoms with Crippen molar-refractivity contribution in [2.45, 2.75) is 13.1 Å². The van der Waals surface area contributed by atoms with Crippen molar-refractivity contribution in [2.24, 2.45) is 5.73 Å². The number of aromatic nitrogens is 3. The third-order valence-electron chi connectivity index (χ3n) is 6.30. The first-order valence-corrected chi connectivity index (χ1v) is 12.7. The fourth-order valence-corrected chi connectivity index (χ4v) is 4.01. The number of ether oxygens (including phenoxy) is 1. The highest BCUT2D eigenvalue weighted by Crippen LogP contribution is 2.20. The van der Waals surface area contributed by atoms with E-state index in [1.54, 1.807) is 36.4 Å². The maximum atomic E-state index is 12.4. The number of fused-ring (bicyclic) bond motifs is 1. The Kier molecular flexibility index (Phi) is 10.4. The molecule has 5 aromatic rings. The standard InChI is InChI=1S/C17H16N6O5.C11H11N3O2.ClH/c1-28-16(27)9-4-2-8(3-5-9)7-20-14(24)10-6-11(15(25)26)23-13(21-10)12(18)22-17(23)19;12-5-6-2-1-3-7(4-6)14-9-8(13)10(15)11(9)16;/h2-6H,7,18H2,1H3,(H2,19,22)(H,20,24)(H,25,26);1-4,14H,5,12-13H2;1H. The lowest BCUT2D eigenvalue weighted by atomic mass is 10.1. The largest absolute Gasteiger partial charge is 0.477 e. The zero-order valence-corrected chi connectivity index (χ0v) is 24.4. The molecule has 0 unspecified atom stereocenters. The first-order chi connectivity index (χ1) is 20.9. The third kappa shape index (κ3) is 7.15. The van der Waals surface area contributed by atoms with E-state index in [1.165, 1.54) is 7.11 Å². The molecule has 0 radical (unpaired) electrons. The lowest BCUT2D eigenvalue weighted by Crippen LogP contribution is -2.36. The molecule has 0 fully saturated rings. The first kappa shape index (κ1) is 33.5. The lowest BCUT2D eigenvalue weighted by Gasteiger charge is -2.10. The number of halogens is 1. The van der Waals surface area contributed by atoms with Crippen LogP contribution in [-0.2, 0) is 17.8 Å². The van der Waals surface area contributed by atoms with Gasteiger partial charge in [-0.3, -0.25) is 18.8 Å². The zero-order valence-electron chi connectivity index (χ0n) is 23.6. The number of hydrogen-bond donors (Lipinski definition) is 7. The number of nitrogen functional groups attached to an aromatic ring is 3. The normalized spacial score (nSPS) is 10.4. The van der Waals surface area contributed by atoms with Crippen LogP contribution in [0.5, 0.6) is 0 Å². The Labute approximate surface area is 260 Å². The minimum absolute atomic E-state index is 0. The molecule has 2 aromatic heterocycles. The van der Waals surface area contributed by atoms with E-state index in [0.717, 1.165) is 16.0 Å². The van der Waals surface area contributed by atoms with Crippen molar-refractivity contribution in [3.05, 3.63) is 103 Å². The number of anilines is 5.